The molecule has 3 N–H and O–H groups in total. The number of benzene rings is 1. The van der Waals surface area contributed by atoms with E-state index in [2.05, 4.69) is 15.5 Å². The average molecular weight is 404 g/mol. The molecule has 3 rings (SSSR count). The third kappa shape index (κ3) is 4.42. The van der Waals surface area contributed by atoms with Crippen LogP contribution < -0.4 is 15.9 Å². The quantitative estimate of drug-likeness (QED) is 0.463. The van der Waals surface area contributed by atoms with E-state index in [-0.39, 0.29) is 17.1 Å². The second-order valence-corrected chi connectivity index (χ2v) is 8.21. The van der Waals surface area contributed by atoms with Gasteiger partial charge in [-0.1, -0.05) is 31.7 Å². The van der Waals surface area contributed by atoms with E-state index in [9.17, 15) is 4.79 Å². The van der Waals surface area contributed by atoms with Gasteiger partial charge in [0.15, 0.2) is 5.82 Å². The molecule has 1 unspecified atom stereocenters. The Morgan fingerprint density at radius 3 is 2.59 bits per heavy atom. The van der Waals surface area contributed by atoms with Crippen molar-refractivity contribution < 1.29 is 9.53 Å². The van der Waals surface area contributed by atoms with Crippen molar-refractivity contribution in [2.45, 2.75) is 24.3 Å². The SMILES string of the molecule is COc1ccc(NC(=O)C(Sc2nnc(-c3cccs3)n2N)C(C)C)cc1. The first-order chi connectivity index (χ1) is 13.0. The molecule has 0 saturated heterocycles. The summed E-state index contributed by atoms with van der Waals surface area (Å²) in [7, 11) is 1.60. The maximum Gasteiger partial charge on any atom is 0.238 e. The molecule has 0 saturated carbocycles. The number of methoxy groups -OCH3 is 1. The van der Waals surface area contributed by atoms with Crippen LogP contribution in [0.1, 0.15) is 13.8 Å². The predicted octanol–water partition coefficient (Wildman–Crippen LogP) is 3.48. The maximum atomic E-state index is 12.8. The normalized spacial score (nSPS) is 12.1. The van der Waals surface area contributed by atoms with E-state index in [0.717, 1.165) is 10.6 Å². The molecule has 7 nitrogen and oxygen atoms in total. The first-order valence-electron chi connectivity index (χ1n) is 8.35. The molecule has 0 aliphatic rings. The first-order valence-corrected chi connectivity index (χ1v) is 10.1. The van der Waals surface area contributed by atoms with E-state index in [1.54, 1.807) is 31.4 Å². The van der Waals surface area contributed by atoms with Crippen LogP contribution in [0.2, 0.25) is 0 Å². The molecule has 0 bridgehead atoms. The highest BCUT2D eigenvalue weighted by Crippen LogP contribution is 2.30. The number of carbonyl (C=O) groups excluding carboxylic acids is 1. The standard InChI is InChI=1S/C18H21N5O2S2/c1-11(2)15(17(24)20-12-6-8-13(25-3)9-7-12)27-18-22-21-16(23(18)19)14-5-4-10-26-14/h4-11,15H,19H2,1-3H3,(H,20,24). The Morgan fingerprint density at radius 1 is 1.26 bits per heavy atom. The number of aromatic nitrogens is 3. The van der Waals surface area contributed by atoms with Crippen LogP contribution in [-0.2, 0) is 4.79 Å². The molecular weight excluding hydrogens is 382 g/mol. The average Bonchev–Trinajstić information content (AvgIpc) is 3.30. The summed E-state index contributed by atoms with van der Waals surface area (Å²) in [6.07, 6.45) is 0. The Bertz CT molecular complexity index is 891. The van der Waals surface area contributed by atoms with Gasteiger partial charge in [-0.3, -0.25) is 4.79 Å². The third-order valence-electron chi connectivity index (χ3n) is 3.86. The molecule has 1 atom stereocenters. The van der Waals surface area contributed by atoms with E-state index < -0.39 is 0 Å². The number of carbonyl (C=O) groups is 1. The summed E-state index contributed by atoms with van der Waals surface area (Å²) >= 11 is 2.85. The number of rotatable bonds is 7. The highest BCUT2D eigenvalue weighted by molar-refractivity contribution is 8.00. The van der Waals surface area contributed by atoms with Gasteiger partial charge in [0.05, 0.1) is 17.2 Å². The highest BCUT2D eigenvalue weighted by atomic mass is 32.2. The Labute approximate surface area is 165 Å². The Kier molecular flexibility index (Phi) is 6.02. The van der Waals surface area contributed by atoms with E-state index in [1.165, 1.54) is 27.8 Å². The minimum absolute atomic E-state index is 0.0788. The van der Waals surface area contributed by atoms with Gasteiger partial charge in [-0.2, -0.15) is 0 Å². The topological polar surface area (TPSA) is 95.1 Å². The number of anilines is 1. The van der Waals surface area contributed by atoms with Crippen LogP contribution in [0.4, 0.5) is 5.69 Å². The van der Waals surface area contributed by atoms with Crippen LogP contribution in [0, 0.1) is 5.92 Å². The molecule has 142 valence electrons. The van der Waals surface area contributed by atoms with Gasteiger partial charge in [-0.25, -0.2) is 4.68 Å². The van der Waals surface area contributed by atoms with Crippen molar-refractivity contribution in [3.8, 4) is 16.5 Å². The van der Waals surface area contributed by atoms with Crippen molar-refractivity contribution in [1.29, 1.82) is 0 Å². The van der Waals surface area contributed by atoms with Crippen LogP contribution in [0.15, 0.2) is 46.9 Å². The van der Waals surface area contributed by atoms with Crippen molar-refractivity contribution in [3.63, 3.8) is 0 Å². The van der Waals surface area contributed by atoms with Crippen molar-refractivity contribution >= 4 is 34.7 Å². The van der Waals surface area contributed by atoms with Crippen LogP contribution >= 0.6 is 23.1 Å². The van der Waals surface area contributed by atoms with Gasteiger partial charge in [-0.05, 0) is 41.6 Å². The Morgan fingerprint density at radius 2 is 2.00 bits per heavy atom. The van der Waals surface area contributed by atoms with Gasteiger partial charge in [0, 0.05) is 5.69 Å². The number of hydrogen-bond acceptors (Lipinski definition) is 7. The molecular formula is C18H21N5O2S2. The number of nitrogens with two attached hydrogens (primary N) is 1. The van der Waals surface area contributed by atoms with Gasteiger partial charge in [0.2, 0.25) is 11.1 Å². The van der Waals surface area contributed by atoms with Crippen LogP contribution in [-0.4, -0.2) is 33.1 Å². The molecule has 9 heteroatoms. The monoisotopic (exact) mass is 403 g/mol. The van der Waals surface area contributed by atoms with Crippen molar-refractivity contribution in [2.75, 3.05) is 18.3 Å². The molecule has 0 radical (unpaired) electrons. The molecule has 0 aliphatic carbocycles. The van der Waals surface area contributed by atoms with Gasteiger partial charge in [-0.15, -0.1) is 21.5 Å². The molecule has 27 heavy (non-hydrogen) atoms. The van der Waals surface area contributed by atoms with Crippen LogP contribution in [0.25, 0.3) is 10.7 Å². The molecule has 1 amide bonds. The lowest BCUT2D eigenvalue weighted by molar-refractivity contribution is -0.116. The first kappa shape index (κ1) is 19.2. The zero-order valence-corrected chi connectivity index (χ0v) is 16.9. The second kappa shape index (κ2) is 8.45. The Balaban J connectivity index is 1.74. The molecule has 0 fully saturated rings. The number of nitrogens with zero attached hydrogens (tertiary/aromatic N) is 3. The molecule has 0 aliphatic heterocycles. The lowest BCUT2D eigenvalue weighted by atomic mass is 10.1. The van der Waals surface area contributed by atoms with E-state index in [1.807, 2.05) is 31.4 Å². The number of amides is 1. The number of nitrogen functional groups attached to an aromatic ring is 1. The minimum atomic E-state index is -0.366. The summed E-state index contributed by atoms with van der Waals surface area (Å²) in [4.78, 5) is 13.7. The summed E-state index contributed by atoms with van der Waals surface area (Å²) < 4.78 is 6.57. The zero-order chi connectivity index (χ0) is 19.4. The summed E-state index contributed by atoms with van der Waals surface area (Å²) in [5.41, 5.74) is 0.709. The lowest BCUT2D eigenvalue weighted by Crippen LogP contribution is -2.30. The third-order valence-corrected chi connectivity index (χ3v) is 6.23. The van der Waals surface area contributed by atoms with E-state index in [4.69, 9.17) is 10.6 Å². The van der Waals surface area contributed by atoms with Gasteiger partial charge in [0.1, 0.15) is 5.75 Å². The fourth-order valence-corrected chi connectivity index (χ4v) is 4.08. The van der Waals surface area contributed by atoms with Crippen LogP contribution in [0.5, 0.6) is 5.75 Å². The number of thiophene rings is 1. The minimum Gasteiger partial charge on any atom is -0.497 e. The Hall–Kier alpha value is -2.52. The van der Waals surface area contributed by atoms with E-state index in [0.29, 0.717) is 16.7 Å². The fourth-order valence-electron chi connectivity index (χ4n) is 2.42. The van der Waals surface area contributed by atoms with Crippen LogP contribution in [0.3, 0.4) is 0 Å². The fraction of sp³-hybridized carbons (Fsp3) is 0.278. The summed E-state index contributed by atoms with van der Waals surface area (Å²) in [5, 5.41) is 13.4. The smallest absolute Gasteiger partial charge is 0.238 e. The van der Waals surface area contributed by atoms with E-state index >= 15 is 0 Å². The van der Waals surface area contributed by atoms with Gasteiger partial charge >= 0.3 is 0 Å². The second-order valence-electron chi connectivity index (χ2n) is 6.15. The lowest BCUT2D eigenvalue weighted by Gasteiger charge is -2.19. The number of ether oxygens (including phenoxy) is 1. The molecule has 1 aromatic carbocycles. The molecule has 0 spiro atoms. The highest BCUT2D eigenvalue weighted by Gasteiger charge is 2.27. The molecule has 2 aromatic heterocycles. The summed E-state index contributed by atoms with van der Waals surface area (Å²) in [6, 6.07) is 11.1. The maximum absolute atomic E-state index is 12.8. The van der Waals surface area contributed by atoms with Gasteiger partial charge in [0.25, 0.3) is 0 Å². The zero-order valence-electron chi connectivity index (χ0n) is 15.2. The molecule has 2 heterocycles. The number of hydrogen-bond donors (Lipinski definition) is 2. The number of thioether (sulfide) groups is 1. The largest absolute Gasteiger partial charge is 0.497 e. The van der Waals surface area contributed by atoms with Crippen molar-refractivity contribution in [2.24, 2.45) is 5.92 Å². The summed E-state index contributed by atoms with van der Waals surface area (Å²) in [6.45, 7) is 3.98. The summed E-state index contributed by atoms with van der Waals surface area (Å²) in [5.74, 6) is 7.45. The van der Waals surface area contributed by atoms with Gasteiger partial charge < -0.3 is 15.9 Å². The van der Waals surface area contributed by atoms with Crippen molar-refractivity contribution in [3.05, 3.63) is 41.8 Å². The molecule has 3 aromatic rings. The number of nitrogens with one attached hydrogen (secondary N) is 1. The van der Waals surface area contributed by atoms with Crippen molar-refractivity contribution in [1.82, 2.24) is 14.9 Å². The predicted molar refractivity (Wildman–Crippen MR) is 110 cm³/mol.